The molecule has 1 fully saturated rings. The normalized spacial score (nSPS) is 21.8. The first-order chi connectivity index (χ1) is 10.2. The maximum atomic E-state index is 12.0. The van der Waals surface area contributed by atoms with Gasteiger partial charge in [0.15, 0.2) is 0 Å². The molecule has 0 radical (unpaired) electrons. The second-order valence-corrected chi connectivity index (χ2v) is 6.64. The predicted molar refractivity (Wildman–Crippen MR) is 81.4 cm³/mol. The Morgan fingerprint density at radius 2 is 1.68 bits per heavy atom. The molecule has 126 valence electrons. The highest BCUT2D eigenvalue weighted by molar-refractivity contribution is 5.96. The first kappa shape index (κ1) is 18.5. The Kier molecular flexibility index (Phi) is 6.84. The highest BCUT2D eigenvalue weighted by Gasteiger charge is 2.29. The third-order valence-corrected chi connectivity index (χ3v) is 3.53. The standard InChI is InChI=1S/C16H27NO5/c1-5-21-14(19)10-13(18)11-6-8-12(9-7-11)17-15(20)22-16(2,3)4/h11-12H,5-10H2,1-4H3,(H,17,20)/t11-,12-. The summed E-state index contributed by atoms with van der Waals surface area (Å²) in [6, 6.07) is 0.0292. The number of ether oxygens (including phenoxy) is 2. The number of carbonyl (C=O) groups excluding carboxylic acids is 3. The summed E-state index contributed by atoms with van der Waals surface area (Å²) in [5.74, 6) is -0.628. The van der Waals surface area contributed by atoms with Crippen LogP contribution in [0.3, 0.4) is 0 Å². The van der Waals surface area contributed by atoms with Gasteiger partial charge in [-0.15, -0.1) is 0 Å². The van der Waals surface area contributed by atoms with Crippen molar-refractivity contribution in [1.29, 1.82) is 0 Å². The van der Waals surface area contributed by atoms with Gasteiger partial charge in [0.2, 0.25) is 0 Å². The minimum Gasteiger partial charge on any atom is -0.466 e. The van der Waals surface area contributed by atoms with Gasteiger partial charge in [-0.1, -0.05) is 0 Å². The molecule has 1 rings (SSSR count). The highest BCUT2D eigenvalue weighted by Crippen LogP contribution is 2.26. The van der Waals surface area contributed by atoms with Crippen molar-refractivity contribution in [1.82, 2.24) is 5.32 Å². The average molecular weight is 313 g/mol. The lowest BCUT2D eigenvalue weighted by Crippen LogP contribution is -2.41. The number of Topliss-reactive ketones (excluding diaryl/α,β-unsaturated/α-hetero) is 1. The maximum absolute atomic E-state index is 12.0. The van der Waals surface area contributed by atoms with E-state index in [1.807, 2.05) is 20.8 Å². The lowest BCUT2D eigenvalue weighted by atomic mass is 9.82. The van der Waals surface area contributed by atoms with Crippen LogP contribution < -0.4 is 5.32 Å². The van der Waals surface area contributed by atoms with Crippen LogP contribution in [-0.2, 0) is 19.1 Å². The first-order valence-electron chi connectivity index (χ1n) is 7.89. The molecule has 1 saturated carbocycles. The molecule has 1 aliphatic carbocycles. The minimum atomic E-state index is -0.517. The number of amides is 1. The number of rotatable bonds is 5. The van der Waals surface area contributed by atoms with Crippen LogP contribution in [0.25, 0.3) is 0 Å². The first-order valence-corrected chi connectivity index (χ1v) is 7.89. The monoisotopic (exact) mass is 313 g/mol. The summed E-state index contributed by atoms with van der Waals surface area (Å²) < 4.78 is 10.0. The summed E-state index contributed by atoms with van der Waals surface area (Å²) >= 11 is 0. The molecule has 0 bridgehead atoms. The van der Waals surface area contributed by atoms with Crippen molar-refractivity contribution in [2.45, 2.75) is 71.4 Å². The summed E-state index contributed by atoms with van der Waals surface area (Å²) in [5, 5.41) is 2.83. The summed E-state index contributed by atoms with van der Waals surface area (Å²) in [4.78, 5) is 35.0. The quantitative estimate of drug-likeness (QED) is 0.623. The van der Waals surface area contributed by atoms with E-state index in [-0.39, 0.29) is 24.2 Å². The molecular weight excluding hydrogens is 286 g/mol. The Morgan fingerprint density at radius 1 is 1.09 bits per heavy atom. The van der Waals surface area contributed by atoms with Crippen LogP contribution in [-0.4, -0.2) is 36.1 Å². The lowest BCUT2D eigenvalue weighted by Gasteiger charge is -2.29. The molecule has 0 unspecified atom stereocenters. The van der Waals surface area contributed by atoms with Crippen LogP contribution in [0.4, 0.5) is 4.79 Å². The van der Waals surface area contributed by atoms with Gasteiger partial charge in [0.1, 0.15) is 17.8 Å². The molecule has 1 aliphatic rings. The summed E-state index contributed by atoms with van der Waals surface area (Å²) in [5.41, 5.74) is -0.517. The van der Waals surface area contributed by atoms with Crippen molar-refractivity contribution in [3.63, 3.8) is 0 Å². The van der Waals surface area contributed by atoms with Crippen molar-refractivity contribution in [2.24, 2.45) is 5.92 Å². The zero-order chi connectivity index (χ0) is 16.8. The molecule has 22 heavy (non-hydrogen) atoms. The van der Waals surface area contributed by atoms with Gasteiger partial charge in [-0.3, -0.25) is 9.59 Å². The minimum absolute atomic E-state index is 0.0292. The second kappa shape index (κ2) is 8.15. The molecule has 0 saturated heterocycles. The van der Waals surface area contributed by atoms with Crippen molar-refractivity contribution in [3.8, 4) is 0 Å². The van der Waals surface area contributed by atoms with Crippen LogP contribution in [0.2, 0.25) is 0 Å². The number of hydrogen-bond acceptors (Lipinski definition) is 5. The summed E-state index contributed by atoms with van der Waals surface area (Å²) in [7, 11) is 0. The van der Waals surface area contributed by atoms with Crippen molar-refractivity contribution >= 4 is 17.8 Å². The molecule has 0 aromatic carbocycles. The van der Waals surface area contributed by atoms with E-state index in [1.54, 1.807) is 6.92 Å². The number of esters is 1. The number of alkyl carbamates (subject to hydrolysis) is 1. The largest absolute Gasteiger partial charge is 0.466 e. The van der Waals surface area contributed by atoms with Crippen LogP contribution in [0.15, 0.2) is 0 Å². The smallest absolute Gasteiger partial charge is 0.407 e. The lowest BCUT2D eigenvalue weighted by molar-refractivity contribution is -0.146. The van der Waals surface area contributed by atoms with Crippen molar-refractivity contribution < 1.29 is 23.9 Å². The van der Waals surface area contributed by atoms with Gasteiger partial charge in [0.25, 0.3) is 0 Å². The molecule has 0 aromatic rings. The van der Waals surface area contributed by atoms with Crippen LogP contribution in [0.1, 0.15) is 59.8 Å². The van der Waals surface area contributed by atoms with Gasteiger partial charge >= 0.3 is 12.1 Å². The van der Waals surface area contributed by atoms with E-state index in [0.717, 1.165) is 12.8 Å². The molecule has 0 heterocycles. The maximum Gasteiger partial charge on any atom is 0.407 e. The second-order valence-electron chi connectivity index (χ2n) is 6.64. The number of ketones is 1. The van der Waals surface area contributed by atoms with E-state index in [9.17, 15) is 14.4 Å². The third-order valence-electron chi connectivity index (χ3n) is 3.53. The number of nitrogens with one attached hydrogen (secondary N) is 1. The Bertz CT molecular complexity index is 405. The fraction of sp³-hybridized carbons (Fsp3) is 0.812. The predicted octanol–water partition coefficient (Wildman–Crippen LogP) is 2.59. The van der Waals surface area contributed by atoms with E-state index < -0.39 is 17.7 Å². The van der Waals surface area contributed by atoms with Gasteiger partial charge in [0.05, 0.1) is 6.61 Å². The van der Waals surface area contributed by atoms with Crippen LogP contribution >= 0.6 is 0 Å². The molecule has 6 nitrogen and oxygen atoms in total. The summed E-state index contributed by atoms with van der Waals surface area (Å²) in [6.07, 6.45) is 2.23. The number of carbonyl (C=O) groups is 3. The molecule has 1 N–H and O–H groups in total. The Balaban J connectivity index is 2.32. The third kappa shape index (κ3) is 6.91. The number of hydrogen-bond donors (Lipinski definition) is 1. The van der Waals surface area contributed by atoms with Gasteiger partial charge in [-0.25, -0.2) is 4.79 Å². The Morgan fingerprint density at radius 3 is 2.18 bits per heavy atom. The average Bonchev–Trinajstić information content (AvgIpc) is 2.37. The van der Waals surface area contributed by atoms with Crippen LogP contribution in [0, 0.1) is 5.92 Å². The Hall–Kier alpha value is -1.59. The molecule has 0 atom stereocenters. The summed E-state index contributed by atoms with van der Waals surface area (Å²) in [6.45, 7) is 7.46. The van der Waals surface area contributed by atoms with Gasteiger partial charge in [0, 0.05) is 12.0 Å². The zero-order valence-electron chi connectivity index (χ0n) is 13.9. The molecular formula is C16H27NO5. The van der Waals surface area contributed by atoms with Crippen molar-refractivity contribution in [3.05, 3.63) is 0 Å². The van der Waals surface area contributed by atoms with E-state index in [2.05, 4.69) is 5.32 Å². The molecule has 0 spiro atoms. The fourth-order valence-corrected chi connectivity index (χ4v) is 2.53. The van der Waals surface area contributed by atoms with Crippen LogP contribution in [0.5, 0.6) is 0 Å². The van der Waals surface area contributed by atoms with Crippen molar-refractivity contribution in [2.75, 3.05) is 6.61 Å². The zero-order valence-corrected chi connectivity index (χ0v) is 13.9. The topological polar surface area (TPSA) is 81.7 Å². The SMILES string of the molecule is CCOC(=O)CC(=O)[C@H]1CC[C@H](NC(=O)OC(C)(C)C)CC1. The highest BCUT2D eigenvalue weighted by atomic mass is 16.6. The molecule has 0 aliphatic heterocycles. The Labute approximate surface area is 131 Å². The van der Waals surface area contributed by atoms with Gasteiger partial charge in [-0.2, -0.15) is 0 Å². The molecule has 6 heteroatoms. The van der Waals surface area contributed by atoms with E-state index in [1.165, 1.54) is 0 Å². The van der Waals surface area contributed by atoms with E-state index in [0.29, 0.717) is 19.4 Å². The van der Waals surface area contributed by atoms with Gasteiger partial charge < -0.3 is 14.8 Å². The fourth-order valence-electron chi connectivity index (χ4n) is 2.53. The molecule has 1 amide bonds. The molecule has 0 aromatic heterocycles. The van der Waals surface area contributed by atoms with Gasteiger partial charge in [-0.05, 0) is 53.4 Å². The van der Waals surface area contributed by atoms with E-state index >= 15 is 0 Å². The van der Waals surface area contributed by atoms with E-state index in [4.69, 9.17) is 9.47 Å².